The van der Waals surface area contributed by atoms with Crippen LogP contribution in [0.3, 0.4) is 0 Å². The molecule has 0 saturated carbocycles. The van der Waals surface area contributed by atoms with Crippen molar-refractivity contribution in [3.63, 3.8) is 0 Å². The molecule has 0 atom stereocenters. The van der Waals surface area contributed by atoms with Gasteiger partial charge in [0.25, 0.3) is 0 Å². The molecule has 0 aliphatic carbocycles. The average Bonchev–Trinajstić information content (AvgIpc) is 2.96. The van der Waals surface area contributed by atoms with Crippen molar-refractivity contribution in [3.05, 3.63) is 50.1 Å². The number of ether oxygens (including phenoxy) is 1. The molecule has 92 valence electrons. The van der Waals surface area contributed by atoms with Crippen LogP contribution in [-0.4, -0.2) is 12.4 Å². The summed E-state index contributed by atoms with van der Waals surface area (Å²) in [4.78, 5) is 13.3. The molecule has 1 aliphatic rings. The molecule has 0 fully saturated rings. The number of halogens is 1. The highest BCUT2D eigenvalue weighted by atomic mass is 79.9. The predicted molar refractivity (Wildman–Crippen MR) is 75.7 cm³/mol. The van der Waals surface area contributed by atoms with Crippen molar-refractivity contribution in [1.82, 2.24) is 0 Å². The predicted octanol–water partition coefficient (Wildman–Crippen LogP) is 3.87. The van der Waals surface area contributed by atoms with Gasteiger partial charge in [0.2, 0.25) is 0 Å². The summed E-state index contributed by atoms with van der Waals surface area (Å²) in [6.45, 7) is 0.727. The van der Waals surface area contributed by atoms with E-state index in [0.29, 0.717) is 6.42 Å². The van der Waals surface area contributed by atoms with E-state index in [1.54, 1.807) is 11.3 Å². The summed E-state index contributed by atoms with van der Waals surface area (Å²) >= 11 is 5.02. The summed E-state index contributed by atoms with van der Waals surface area (Å²) in [5.41, 5.74) is 1.93. The van der Waals surface area contributed by atoms with Gasteiger partial charge >= 0.3 is 0 Å². The molecule has 2 heterocycles. The molecule has 3 rings (SSSR count). The largest absolute Gasteiger partial charge is 0.493 e. The fourth-order valence-electron chi connectivity index (χ4n) is 2.07. The van der Waals surface area contributed by atoms with Crippen LogP contribution < -0.4 is 4.74 Å². The number of hydrogen-bond acceptors (Lipinski definition) is 3. The Hall–Kier alpha value is -1.13. The van der Waals surface area contributed by atoms with Gasteiger partial charge in [-0.3, -0.25) is 4.79 Å². The molecule has 1 aromatic carbocycles. The van der Waals surface area contributed by atoms with Crippen LogP contribution in [0.4, 0.5) is 0 Å². The second-order valence-corrected chi connectivity index (χ2v) is 6.77. The van der Waals surface area contributed by atoms with E-state index in [4.69, 9.17) is 4.74 Å². The molecule has 0 spiro atoms. The molecular weight excluding hydrogens is 312 g/mol. The maximum absolute atomic E-state index is 12.2. The summed E-state index contributed by atoms with van der Waals surface area (Å²) < 4.78 is 6.50. The third-order valence-corrected chi connectivity index (χ3v) is 4.60. The molecule has 0 N–H and O–H groups in total. The lowest BCUT2D eigenvalue weighted by Gasteiger charge is -2.02. The van der Waals surface area contributed by atoms with E-state index in [9.17, 15) is 4.79 Å². The molecule has 0 radical (unpaired) electrons. The Bertz CT molecular complexity index is 604. The molecule has 4 heteroatoms. The van der Waals surface area contributed by atoms with Crippen LogP contribution in [0.1, 0.15) is 20.8 Å². The van der Waals surface area contributed by atoms with Crippen LogP contribution in [0, 0.1) is 0 Å². The lowest BCUT2D eigenvalue weighted by Crippen LogP contribution is -2.02. The molecule has 0 bridgehead atoms. The Morgan fingerprint density at radius 3 is 3.00 bits per heavy atom. The van der Waals surface area contributed by atoms with Crippen LogP contribution in [-0.2, 0) is 12.8 Å². The summed E-state index contributed by atoms with van der Waals surface area (Å²) in [7, 11) is 0. The Morgan fingerprint density at radius 1 is 1.33 bits per heavy atom. The van der Waals surface area contributed by atoms with Gasteiger partial charge < -0.3 is 4.74 Å². The smallest absolute Gasteiger partial charge is 0.168 e. The van der Waals surface area contributed by atoms with Crippen molar-refractivity contribution < 1.29 is 9.53 Å². The Balaban J connectivity index is 1.80. The maximum atomic E-state index is 12.2. The number of hydrogen-bond donors (Lipinski definition) is 0. The molecule has 0 amide bonds. The Morgan fingerprint density at radius 2 is 2.22 bits per heavy atom. The number of carbonyl (C=O) groups is 1. The van der Waals surface area contributed by atoms with Gasteiger partial charge in [0, 0.05) is 23.3 Å². The second kappa shape index (κ2) is 4.86. The first kappa shape index (κ1) is 11.9. The SMILES string of the molecule is O=C(Cc1ccc(Br)s1)c1ccc2c(c1)CCO2. The summed E-state index contributed by atoms with van der Waals surface area (Å²) in [5, 5.41) is 0. The molecule has 2 aromatic rings. The molecule has 0 unspecified atom stereocenters. The van der Waals surface area contributed by atoms with E-state index >= 15 is 0 Å². The molecule has 1 aromatic heterocycles. The Kier molecular flexibility index (Phi) is 3.22. The number of thiophene rings is 1. The van der Waals surface area contributed by atoms with Gasteiger partial charge in [-0.05, 0) is 51.8 Å². The fraction of sp³-hybridized carbons (Fsp3) is 0.214. The van der Waals surface area contributed by atoms with Gasteiger partial charge in [-0.15, -0.1) is 11.3 Å². The van der Waals surface area contributed by atoms with Crippen molar-refractivity contribution >= 4 is 33.0 Å². The minimum atomic E-state index is 0.166. The third-order valence-electron chi connectivity index (χ3n) is 2.98. The molecule has 0 saturated heterocycles. The van der Waals surface area contributed by atoms with Gasteiger partial charge in [-0.1, -0.05) is 0 Å². The summed E-state index contributed by atoms with van der Waals surface area (Å²) in [6.07, 6.45) is 1.37. The Labute approximate surface area is 118 Å². The monoisotopic (exact) mass is 322 g/mol. The first-order chi connectivity index (χ1) is 8.72. The summed E-state index contributed by atoms with van der Waals surface area (Å²) in [6, 6.07) is 9.69. The van der Waals surface area contributed by atoms with Crippen LogP contribution in [0.5, 0.6) is 5.75 Å². The van der Waals surface area contributed by atoms with E-state index in [1.807, 2.05) is 30.3 Å². The summed E-state index contributed by atoms with van der Waals surface area (Å²) in [5.74, 6) is 1.09. The zero-order chi connectivity index (χ0) is 12.5. The third kappa shape index (κ3) is 2.35. The van der Waals surface area contributed by atoms with E-state index in [-0.39, 0.29) is 5.78 Å². The first-order valence-corrected chi connectivity index (χ1v) is 7.36. The highest BCUT2D eigenvalue weighted by Gasteiger charge is 2.15. The van der Waals surface area contributed by atoms with Crippen LogP contribution in [0.2, 0.25) is 0 Å². The molecule has 18 heavy (non-hydrogen) atoms. The van der Waals surface area contributed by atoms with Crippen LogP contribution in [0.25, 0.3) is 0 Å². The van der Waals surface area contributed by atoms with Crippen molar-refractivity contribution in [2.45, 2.75) is 12.8 Å². The van der Waals surface area contributed by atoms with Gasteiger partial charge in [0.1, 0.15) is 5.75 Å². The minimum absolute atomic E-state index is 0.166. The van der Waals surface area contributed by atoms with E-state index < -0.39 is 0 Å². The van der Waals surface area contributed by atoms with E-state index in [2.05, 4.69) is 15.9 Å². The minimum Gasteiger partial charge on any atom is -0.493 e. The average molecular weight is 323 g/mol. The zero-order valence-electron chi connectivity index (χ0n) is 9.61. The van der Waals surface area contributed by atoms with E-state index in [0.717, 1.165) is 38.6 Å². The number of rotatable bonds is 3. The second-order valence-electron chi connectivity index (χ2n) is 4.23. The number of benzene rings is 1. The van der Waals surface area contributed by atoms with Gasteiger partial charge in [-0.2, -0.15) is 0 Å². The maximum Gasteiger partial charge on any atom is 0.168 e. The quantitative estimate of drug-likeness (QED) is 0.802. The van der Waals surface area contributed by atoms with Gasteiger partial charge in [-0.25, -0.2) is 0 Å². The molecular formula is C14H11BrO2S. The standard InChI is InChI=1S/C14H11BrO2S/c15-14-4-2-11(18-14)8-12(16)9-1-3-13-10(7-9)5-6-17-13/h1-4,7H,5-6,8H2. The number of carbonyl (C=O) groups excluding carboxylic acids is 1. The normalized spacial score (nSPS) is 13.2. The number of fused-ring (bicyclic) bond motifs is 1. The topological polar surface area (TPSA) is 26.3 Å². The van der Waals surface area contributed by atoms with Crippen molar-refractivity contribution in [2.75, 3.05) is 6.61 Å². The fourth-order valence-corrected chi connectivity index (χ4v) is 3.55. The van der Waals surface area contributed by atoms with Crippen LogP contribution >= 0.6 is 27.3 Å². The highest BCUT2D eigenvalue weighted by molar-refractivity contribution is 9.11. The zero-order valence-corrected chi connectivity index (χ0v) is 12.0. The van der Waals surface area contributed by atoms with Gasteiger partial charge in [0.15, 0.2) is 5.78 Å². The highest BCUT2D eigenvalue weighted by Crippen LogP contribution is 2.27. The first-order valence-electron chi connectivity index (χ1n) is 5.75. The van der Waals surface area contributed by atoms with Crippen LogP contribution in [0.15, 0.2) is 34.1 Å². The van der Waals surface area contributed by atoms with E-state index in [1.165, 1.54) is 0 Å². The van der Waals surface area contributed by atoms with Crippen molar-refractivity contribution in [3.8, 4) is 5.75 Å². The number of ketones is 1. The lowest BCUT2D eigenvalue weighted by molar-refractivity contribution is 0.0994. The molecule has 2 nitrogen and oxygen atoms in total. The van der Waals surface area contributed by atoms with Crippen molar-refractivity contribution in [2.24, 2.45) is 0 Å². The van der Waals surface area contributed by atoms with Gasteiger partial charge in [0.05, 0.1) is 10.4 Å². The lowest BCUT2D eigenvalue weighted by atomic mass is 10.0. The van der Waals surface area contributed by atoms with Crippen molar-refractivity contribution in [1.29, 1.82) is 0 Å². The molecule has 1 aliphatic heterocycles. The number of Topliss-reactive ketones (excluding diaryl/α,β-unsaturated/α-hetero) is 1.